The predicted octanol–water partition coefficient (Wildman–Crippen LogP) is 5.94. The Bertz CT molecular complexity index is 576. The molecule has 3 heteroatoms. The molecule has 2 aromatic rings. The fourth-order valence-electron chi connectivity index (χ4n) is 1.92. The molecule has 0 aliphatic heterocycles. The van der Waals surface area contributed by atoms with Crippen LogP contribution >= 0.6 is 34.8 Å². The maximum absolute atomic E-state index is 6.53. The van der Waals surface area contributed by atoms with E-state index in [-0.39, 0.29) is 5.38 Å². The minimum atomic E-state index is -0.209. The van der Waals surface area contributed by atoms with Crippen molar-refractivity contribution in [1.82, 2.24) is 0 Å². The Labute approximate surface area is 122 Å². The molecule has 0 aliphatic rings. The third-order valence-corrected chi connectivity index (χ3v) is 4.09. The maximum atomic E-state index is 6.53. The quantitative estimate of drug-likeness (QED) is 0.602. The number of halogens is 3. The van der Waals surface area contributed by atoms with Gasteiger partial charge < -0.3 is 0 Å². The van der Waals surface area contributed by atoms with Gasteiger partial charge in [0.2, 0.25) is 0 Å². The van der Waals surface area contributed by atoms with Gasteiger partial charge >= 0.3 is 0 Å². The molecular formula is C15H13Cl3. The molecule has 0 saturated carbocycles. The monoisotopic (exact) mass is 298 g/mol. The average molecular weight is 300 g/mol. The zero-order chi connectivity index (χ0) is 13.3. The lowest BCUT2D eigenvalue weighted by molar-refractivity contribution is 1.10. The van der Waals surface area contributed by atoms with Gasteiger partial charge in [0, 0.05) is 10.0 Å². The first kappa shape index (κ1) is 13.7. The van der Waals surface area contributed by atoms with Crippen LogP contribution < -0.4 is 0 Å². The number of rotatable bonds is 2. The first-order valence-corrected chi connectivity index (χ1v) is 6.84. The van der Waals surface area contributed by atoms with E-state index >= 15 is 0 Å². The fourth-order valence-corrected chi connectivity index (χ4v) is 2.71. The summed E-state index contributed by atoms with van der Waals surface area (Å²) in [5.41, 5.74) is 4.19. The smallest absolute Gasteiger partial charge is 0.0838 e. The van der Waals surface area contributed by atoms with Crippen molar-refractivity contribution >= 4 is 34.8 Å². The summed E-state index contributed by atoms with van der Waals surface area (Å²) in [6.45, 7) is 3.99. The van der Waals surface area contributed by atoms with Crippen LogP contribution in [0.5, 0.6) is 0 Å². The molecule has 0 saturated heterocycles. The summed E-state index contributed by atoms with van der Waals surface area (Å²) in [7, 11) is 0. The van der Waals surface area contributed by atoms with Gasteiger partial charge in [-0.05, 0) is 54.3 Å². The predicted molar refractivity (Wildman–Crippen MR) is 80.1 cm³/mol. The summed E-state index contributed by atoms with van der Waals surface area (Å²) < 4.78 is 0. The highest BCUT2D eigenvalue weighted by Crippen LogP contribution is 2.34. The highest BCUT2D eigenvalue weighted by molar-refractivity contribution is 6.31. The van der Waals surface area contributed by atoms with Crippen LogP contribution in [0.3, 0.4) is 0 Å². The first-order valence-electron chi connectivity index (χ1n) is 5.65. The summed E-state index contributed by atoms with van der Waals surface area (Å²) >= 11 is 18.6. The van der Waals surface area contributed by atoms with E-state index in [1.54, 1.807) is 0 Å². The number of hydrogen-bond acceptors (Lipinski definition) is 0. The van der Waals surface area contributed by atoms with Gasteiger partial charge in [0.15, 0.2) is 0 Å². The summed E-state index contributed by atoms with van der Waals surface area (Å²) in [6.07, 6.45) is 0. The molecule has 2 rings (SSSR count). The van der Waals surface area contributed by atoms with Crippen LogP contribution in [-0.2, 0) is 0 Å². The van der Waals surface area contributed by atoms with E-state index in [0.717, 1.165) is 27.3 Å². The van der Waals surface area contributed by atoms with Crippen molar-refractivity contribution in [2.45, 2.75) is 19.2 Å². The highest BCUT2D eigenvalue weighted by atomic mass is 35.5. The van der Waals surface area contributed by atoms with Crippen molar-refractivity contribution in [2.75, 3.05) is 0 Å². The van der Waals surface area contributed by atoms with Crippen molar-refractivity contribution in [3.05, 3.63) is 68.7 Å². The van der Waals surface area contributed by atoms with Gasteiger partial charge in [0.05, 0.1) is 5.38 Å². The number of aryl methyl sites for hydroxylation is 2. The molecule has 0 fully saturated rings. The van der Waals surface area contributed by atoms with E-state index in [2.05, 4.69) is 0 Å². The molecule has 2 aromatic carbocycles. The first-order chi connectivity index (χ1) is 8.49. The summed E-state index contributed by atoms with van der Waals surface area (Å²) in [5, 5.41) is 1.26. The molecule has 0 N–H and O–H groups in total. The van der Waals surface area contributed by atoms with Crippen molar-refractivity contribution in [2.24, 2.45) is 0 Å². The molecule has 94 valence electrons. The number of hydrogen-bond donors (Lipinski definition) is 0. The summed E-state index contributed by atoms with van der Waals surface area (Å²) in [6, 6.07) is 11.6. The number of benzene rings is 2. The summed E-state index contributed by atoms with van der Waals surface area (Å²) in [5.74, 6) is 0. The van der Waals surface area contributed by atoms with Gasteiger partial charge in [-0.25, -0.2) is 0 Å². The van der Waals surface area contributed by atoms with Gasteiger partial charge in [-0.15, -0.1) is 11.6 Å². The largest absolute Gasteiger partial charge is 0.113 e. The zero-order valence-corrected chi connectivity index (χ0v) is 12.4. The second-order valence-electron chi connectivity index (χ2n) is 4.38. The molecule has 18 heavy (non-hydrogen) atoms. The van der Waals surface area contributed by atoms with E-state index in [9.17, 15) is 0 Å². The topological polar surface area (TPSA) is 0 Å². The van der Waals surface area contributed by atoms with Gasteiger partial charge in [0.1, 0.15) is 0 Å². The lowest BCUT2D eigenvalue weighted by Crippen LogP contribution is -1.97. The molecule has 1 atom stereocenters. The molecular weight excluding hydrogens is 287 g/mol. The Morgan fingerprint density at radius 1 is 0.944 bits per heavy atom. The Hall–Kier alpha value is -0.690. The van der Waals surface area contributed by atoms with Gasteiger partial charge in [-0.3, -0.25) is 0 Å². The summed E-state index contributed by atoms with van der Waals surface area (Å²) in [4.78, 5) is 0. The lowest BCUT2D eigenvalue weighted by Gasteiger charge is -2.15. The van der Waals surface area contributed by atoms with Gasteiger partial charge in [0.25, 0.3) is 0 Å². The third-order valence-electron chi connectivity index (χ3n) is 2.96. The van der Waals surface area contributed by atoms with Crippen LogP contribution in [0, 0.1) is 13.8 Å². The molecule has 1 unspecified atom stereocenters. The standard InChI is InChI=1S/C15H13Cl3/c1-9-7-14(17)10(2)6-13(9)15(18)11-4-3-5-12(16)8-11/h3-8,15H,1-2H3. The normalized spacial score (nSPS) is 12.5. The Morgan fingerprint density at radius 3 is 2.33 bits per heavy atom. The molecule has 0 amide bonds. The Kier molecular flexibility index (Phi) is 4.21. The molecule has 0 bridgehead atoms. The molecule has 0 aliphatic carbocycles. The zero-order valence-electron chi connectivity index (χ0n) is 10.2. The van der Waals surface area contributed by atoms with E-state index in [1.165, 1.54) is 0 Å². The highest BCUT2D eigenvalue weighted by Gasteiger charge is 2.14. The van der Waals surface area contributed by atoms with Crippen molar-refractivity contribution < 1.29 is 0 Å². The minimum absolute atomic E-state index is 0.209. The van der Waals surface area contributed by atoms with E-state index < -0.39 is 0 Å². The minimum Gasteiger partial charge on any atom is -0.113 e. The van der Waals surface area contributed by atoms with Crippen molar-refractivity contribution in [3.63, 3.8) is 0 Å². The Balaban J connectivity index is 2.46. The van der Waals surface area contributed by atoms with Crippen molar-refractivity contribution in [1.29, 1.82) is 0 Å². The maximum Gasteiger partial charge on any atom is 0.0838 e. The van der Waals surface area contributed by atoms with E-state index in [1.807, 2.05) is 50.2 Å². The second kappa shape index (κ2) is 5.52. The van der Waals surface area contributed by atoms with Gasteiger partial charge in [-0.1, -0.05) is 41.4 Å². The van der Waals surface area contributed by atoms with Gasteiger partial charge in [-0.2, -0.15) is 0 Å². The van der Waals surface area contributed by atoms with Crippen LogP contribution in [0.1, 0.15) is 27.6 Å². The lowest BCUT2D eigenvalue weighted by atomic mass is 9.98. The van der Waals surface area contributed by atoms with E-state index in [4.69, 9.17) is 34.8 Å². The fraction of sp³-hybridized carbons (Fsp3) is 0.200. The molecule has 0 heterocycles. The van der Waals surface area contributed by atoms with Crippen LogP contribution in [0.25, 0.3) is 0 Å². The number of alkyl halides is 1. The third kappa shape index (κ3) is 2.83. The molecule has 0 spiro atoms. The average Bonchev–Trinajstić information content (AvgIpc) is 2.33. The molecule has 0 radical (unpaired) electrons. The van der Waals surface area contributed by atoms with E-state index in [0.29, 0.717) is 5.02 Å². The second-order valence-corrected chi connectivity index (χ2v) is 5.66. The van der Waals surface area contributed by atoms with Crippen LogP contribution in [-0.4, -0.2) is 0 Å². The van der Waals surface area contributed by atoms with Crippen LogP contribution in [0.2, 0.25) is 10.0 Å². The Morgan fingerprint density at radius 2 is 1.67 bits per heavy atom. The van der Waals surface area contributed by atoms with Crippen LogP contribution in [0.15, 0.2) is 36.4 Å². The van der Waals surface area contributed by atoms with Crippen LogP contribution in [0.4, 0.5) is 0 Å². The molecule has 0 nitrogen and oxygen atoms in total. The van der Waals surface area contributed by atoms with Crippen molar-refractivity contribution in [3.8, 4) is 0 Å². The molecule has 0 aromatic heterocycles. The SMILES string of the molecule is Cc1cc(C(Cl)c2cccc(Cl)c2)c(C)cc1Cl.